The van der Waals surface area contributed by atoms with Crippen molar-refractivity contribution < 1.29 is 36.3 Å². The zero-order valence-electron chi connectivity index (χ0n) is 19.8. The highest BCUT2D eigenvalue weighted by Crippen LogP contribution is 2.54. The molecule has 1 amide bonds. The molecular formula is C24H27F3N2O5S2. The van der Waals surface area contributed by atoms with Gasteiger partial charge in [0, 0.05) is 22.6 Å². The summed E-state index contributed by atoms with van der Waals surface area (Å²) in [5.41, 5.74) is -2.61. The maximum absolute atomic E-state index is 13.0. The van der Waals surface area contributed by atoms with Gasteiger partial charge in [-0.05, 0) is 66.4 Å². The van der Waals surface area contributed by atoms with Gasteiger partial charge in [-0.3, -0.25) is 14.3 Å². The first-order valence-electron chi connectivity index (χ1n) is 11.1. The highest BCUT2D eigenvalue weighted by molar-refractivity contribution is 8.00. The lowest BCUT2D eigenvalue weighted by atomic mass is 9.95. The normalized spacial score (nSPS) is 20.4. The summed E-state index contributed by atoms with van der Waals surface area (Å²) in [5.74, 6) is -1.58. The van der Waals surface area contributed by atoms with Crippen LogP contribution in [0, 0.1) is 5.92 Å². The second-order valence-corrected chi connectivity index (χ2v) is 12.0. The SMILES string of the molecule is C[C@@H](NC(=O)C1CC1(C)c1ccc(SC(F)(F)F)cc1)c1ccc(NS(C)(=O)=O)c(CCC(=O)O)c1. The number of amides is 1. The molecule has 1 fully saturated rings. The Morgan fingerprint density at radius 3 is 2.39 bits per heavy atom. The average Bonchev–Trinajstić information content (AvgIpc) is 3.44. The molecule has 2 aromatic carbocycles. The molecule has 0 aromatic heterocycles. The Bertz CT molecular complexity index is 1250. The molecule has 3 rings (SSSR count). The molecule has 3 N–H and O–H groups in total. The lowest BCUT2D eigenvalue weighted by molar-refractivity contribution is -0.137. The van der Waals surface area contributed by atoms with Gasteiger partial charge >= 0.3 is 11.5 Å². The summed E-state index contributed by atoms with van der Waals surface area (Å²) in [6.07, 6.45) is 1.47. The first-order chi connectivity index (χ1) is 16.6. The fraction of sp³-hybridized carbons (Fsp3) is 0.417. The third kappa shape index (κ3) is 7.39. The topological polar surface area (TPSA) is 113 Å². The van der Waals surface area contributed by atoms with E-state index in [2.05, 4.69) is 10.0 Å². The quantitative estimate of drug-likeness (QED) is 0.369. The van der Waals surface area contributed by atoms with Gasteiger partial charge in [0.05, 0.1) is 18.0 Å². The van der Waals surface area contributed by atoms with Crippen molar-refractivity contribution in [3.8, 4) is 0 Å². The van der Waals surface area contributed by atoms with E-state index in [1.165, 1.54) is 18.2 Å². The number of anilines is 1. The summed E-state index contributed by atoms with van der Waals surface area (Å²) >= 11 is -0.186. The Morgan fingerprint density at radius 1 is 1.19 bits per heavy atom. The van der Waals surface area contributed by atoms with Crippen molar-refractivity contribution in [3.63, 3.8) is 0 Å². The van der Waals surface area contributed by atoms with Crippen LogP contribution in [0.1, 0.15) is 49.4 Å². The monoisotopic (exact) mass is 544 g/mol. The molecule has 0 bridgehead atoms. The van der Waals surface area contributed by atoms with Crippen molar-refractivity contribution in [2.45, 2.75) is 55.0 Å². The lowest BCUT2D eigenvalue weighted by Crippen LogP contribution is -2.30. The first kappa shape index (κ1) is 27.9. The molecule has 36 heavy (non-hydrogen) atoms. The molecule has 1 saturated carbocycles. The minimum atomic E-state index is -4.36. The molecule has 196 valence electrons. The molecule has 7 nitrogen and oxygen atoms in total. The van der Waals surface area contributed by atoms with E-state index in [0.29, 0.717) is 17.5 Å². The van der Waals surface area contributed by atoms with Crippen molar-refractivity contribution in [2.75, 3.05) is 11.0 Å². The van der Waals surface area contributed by atoms with E-state index >= 15 is 0 Å². The maximum atomic E-state index is 13.0. The Kier molecular flexibility index (Phi) is 7.99. The van der Waals surface area contributed by atoms with E-state index in [0.717, 1.165) is 11.8 Å². The number of hydrogen-bond acceptors (Lipinski definition) is 5. The van der Waals surface area contributed by atoms with Crippen molar-refractivity contribution in [1.82, 2.24) is 5.32 Å². The van der Waals surface area contributed by atoms with Gasteiger partial charge in [0.2, 0.25) is 15.9 Å². The van der Waals surface area contributed by atoms with E-state index in [1.54, 1.807) is 31.2 Å². The maximum Gasteiger partial charge on any atom is 0.446 e. The zero-order chi connectivity index (χ0) is 26.9. The lowest BCUT2D eigenvalue weighted by Gasteiger charge is -2.19. The van der Waals surface area contributed by atoms with Crippen molar-refractivity contribution >= 4 is 39.3 Å². The molecular weight excluding hydrogens is 517 g/mol. The minimum absolute atomic E-state index is 0.0811. The van der Waals surface area contributed by atoms with E-state index in [4.69, 9.17) is 5.11 Å². The second kappa shape index (κ2) is 10.3. The van der Waals surface area contributed by atoms with Crippen molar-refractivity contribution in [1.29, 1.82) is 0 Å². The number of carbonyl (C=O) groups is 2. The van der Waals surface area contributed by atoms with E-state index in [9.17, 15) is 31.2 Å². The number of benzene rings is 2. The van der Waals surface area contributed by atoms with Crippen LogP contribution in [0.4, 0.5) is 18.9 Å². The van der Waals surface area contributed by atoms with Gasteiger partial charge in [0.25, 0.3) is 0 Å². The van der Waals surface area contributed by atoms with Crippen LogP contribution in [0.3, 0.4) is 0 Å². The van der Waals surface area contributed by atoms with Gasteiger partial charge in [-0.2, -0.15) is 13.2 Å². The molecule has 0 radical (unpaired) electrons. The molecule has 1 aliphatic rings. The van der Waals surface area contributed by atoms with Crippen LogP contribution in [0.2, 0.25) is 0 Å². The molecule has 1 aliphatic carbocycles. The van der Waals surface area contributed by atoms with Gasteiger partial charge in [0.1, 0.15) is 0 Å². The van der Waals surface area contributed by atoms with Crippen LogP contribution < -0.4 is 10.0 Å². The van der Waals surface area contributed by atoms with Gasteiger partial charge in [0.15, 0.2) is 0 Å². The number of alkyl halides is 3. The predicted molar refractivity (Wildman–Crippen MR) is 131 cm³/mol. The van der Waals surface area contributed by atoms with Gasteiger partial charge in [-0.15, -0.1) is 0 Å². The largest absolute Gasteiger partial charge is 0.481 e. The number of thioether (sulfide) groups is 1. The number of sulfonamides is 1. The number of aliphatic carboxylic acids is 1. The number of carbonyl (C=O) groups excluding carboxylic acids is 1. The van der Waals surface area contributed by atoms with E-state index < -0.39 is 33.0 Å². The second-order valence-electron chi connectivity index (χ2n) is 9.16. The molecule has 0 aliphatic heterocycles. The fourth-order valence-corrected chi connectivity index (χ4v) is 5.27. The number of hydrogen-bond donors (Lipinski definition) is 3. The van der Waals surface area contributed by atoms with Crippen molar-refractivity contribution in [3.05, 3.63) is 59.2 Å². The highest BCUT2D eigenvalue weighted by Gasteiger charge is 2.55. The first-order valence-corrected chi connectivity index (χ1v) is 13.8. The van der Waals surface area contributed by atoms with Gasteiger partial charge < -0.3 is 10.4 Å². The Morgan fingerprint density at radius 2 is 1.83 bits per heavy atom. The highest BCUT2D eigenvalue weighted by atomic mass is 32.2. The van der Waals surface area contributed by atoms with Gasteiger partial charge in [-0.1, -0.05) is 31.2 Å². The molecule has 3 atom stereocenters. The smallest absolute Gasteiger partial charge is 0.446 e. The molecule has 0 spiro atoms. The van der Waals surface area contributed by atoms with Gasteiger partial charge in [-0.25, -0.2) is 8.42 Å². The van der Waals surface area contributed by atoms with Crippen LogP contribution in [-0.2, 0) is 31.4 Å². The van der Waals surface area contributed by atoms with Crippen LogP contribution in [0.25, 0.3) is 0 Å². The third-order valence-electron chi connectivity index (χ3n) is 6.19. The summed E-state index contributed by atoms with van der Waals surface area (Å²) < 4.78 is 63.4. The summed E-state index contributed by atoms with van der Waals surface area (Å²) in [4.78, 5) is 24.1. The van der Waals surface area contributed by atoms with Crippen LogP contribution in [0.5, 0.6) is 0 Å². The van der Waals surface area contributed by atoms with Crippen LogP contribution >= 0.6 is 11.8 Å². The summed E-state index contributed by atoms with van der Waals surface area (Å²) in [6, 6.07) is 10.5. The van der Waals surface area contributed by atoms with Crippen molar-refractivity contribution in [2.24, 2.45) is 5.92 Å². The Labute approximate surface area is 211 Å². The number of halogens is 3. The molecule has 0 heterocycles. The van der Waals surface area contributed by atoms with E-state index in [-0.39, 0.29) is 47.0 Å². The molecule has 2 aromatic rings. The molecule has 0 saturated heterocycles. The number of carboxylic acids is 1. The summed E-state index contributed by atoms with van der Waals surface area (Å²) in [5, 5.41) is 12.0. The minimum Gasteiger partial charge on any atom is -0.481 e. The summed E-state index contributed by atoms with van der Waals surface area (Å²) in [6.45, 7) is 3.66. The standard InChI is InChI=1S/C24H27F3N2O5S2/c1-14(15-4-10-20(29-36(3,33)34)16(12-15)5-11-21(30)31)28-22(32)19-13-23(19,2)17-6-8-18(9-7-17)35-24(25,26)27/h4,6-10,12,14,19,29H,5,11,13H2,1-3H3,(H,28,32)(H,30,31)/t14-,19?,23?/m1/s1. The Balaban J connectivity index is 1.69. The van der Waals surface area contributed by atoms with E-state index in [1.807, 2.05) is 6.92 Å². The third-order valence-corrected chi connectivity index (χ3v) is 7.52. The Hall–Kier alpha value is -2.73. The average molecular weight is 545 g/mol. The number of nitrogens with one attached hydrogen (secondary N) is 2. The number of rotatable bonds is 10. The number of carboxylic acid groups (broad SMARTS) is 1. The van der Waals surface area contributed by atoms with Crippen LogP contribution in [0.15, 0.2) is 47.4 Å². The summed E-state index contributed by atoms with van der Waals surface area (Å²) in [7, 11) is -3.57. The van der Waals surface area contributed by atoms with Crippen LogP contribution in [-0.4, -0.2) is 37.2 Å². The molecule has 12 heteroatoms. The predicted octanol–water partition coefficient (Wildman–Crippen LogP) is 4.84. The fourth-order valence-electron chi connectivity index (χ4n) is 4.13. The zero-order valence-corrected chi connectivity index (χ0v) is 21.5. The number of aryl methyl sites for hydroxylation is 1. The molecule has 2 unspecified atom stereocenters.